The van der Waals surface area contributed by atoms with Gasteiger partial charge in [-0.2, -0.15) is 13.2 Å². The molecular formula is C13H19F3N4. The quantitative estimate of drug-likeness (QED) is 0.554. The monoisotopic (exact) mass is 288 g/mol. The van der Waals surface area contributed by atoms with E-state index in [1.165, 1.54) is 0 Å². The predicted octanol–water partition coefficient (Wildman–Crippen LogP) is 3.38. The largest absolute Gasteiger partial charge is 0.416 e. The molecule has 2 rings (SSSR count). The van der Waals surface area contributed by atoms with Gasteiger partial charge in [0.1, 0.15) is 11.6 Å². The number of aromatic nitrogens is 1. The van der Waals surface area contributed by atoms with E-state index in [1.807, 2.05) is 0 Å². The Bertz CT molecular complexity index is 469. The van der Waals surface area contributed by atoms with Gasteiger partial charge in [0.25, 0.3) is 0 Å². The van der Waals surface area contributed by atoms with Gasteiger partial charge in [0.15, 0.2) is 0 Å². The lowest BCUT2D eigenvalue weighted by atomic mass is 10.0. The number of pyridine rings is 1. The lowest BCUT2D eigenvalue weighted by Crippen LogP contribution is -2.18. The van der Waals surface area contributed by atoms with Gasteiger partial charge >= 0.3 is 6.18 Å². The summed E-state index contributed by atoms with van der Waals surface area (Å²) in [5, 5.41) is 3.01. The van der Waals surface area contributed by atoms with Gasteiger partial charge in [-0.25, -0.2) is 10.8 Å². The molecule has 4 N–H and O–H groups in total. The van der Waals surface area contributed by atoms with Crippen molar-refractivity contribution in [3.05, 3.63) is 17.7 Å². The van der Waals surface area contributed by atoms with Gasteiger partial charge in [-0.15, -0.1) is 0 Å². The fourth-order valence-electron chi connectivity index (χ4n) is 2.36. The minimum Gasteiger partial charge on any atom is -0.369 e. The summed E-state index contributed by atoms with van der Waals surface area (Å²) < 4.78 is 38.3. The molecule has 0 unspecified atom stereocenters. The maximum Gasteiger partial charge on any atom is 0.416 e. The van der Waals surface area contributed by atoms with E-state index in [1.54, 1.807) is 0 Å². The third-order valence-electron chi connectivity index (χ3n) is 3.68. The minimum atomic E-state index is -4.41. The van der Waals surface area contributed by atoms with Crippen LogP contribution in [0.5, 0.6) is 0 Å². The average Bonchev–Trinajstić information content (AvgIpc) is 3.16. The van der Waals surface area contributed by atoms with E-state index in [4.69, 9.17) is 5.84 Å². The Hall–Kier alpha value is -1.50. The normalized spacial score (nSPS) is 16.9. The van der Waals surface area contributed by atoms with Crippen molar-refractivity contribution >= 4 is 11.6 Å². The molecule has 1 aliphatic carbocycles. The highest BCUT2D eigenvalue weighted by molar-refractivity contribution is 5.49. The summed E-state index contributed by atoms with van der Waals surface area (Å²) in [5.41, 5.74) is 1.64. The average molecular weight is 288 g/mol. The molecule has 0 amide bonds. The topological polar surface area (TPSA) is 63.0 Å². The van der Waals surface area contributed by atoms with Crippen molar-refractivity contribution in [2.75, 3.05) is 17.3 Å². The molecule has 1 aliphatic rings. The third-order valence-corrected chi connectivity index (χ3v) is 3.68. The van der Waals surface area contributed by atoms with Crippen LogP contribution in [-0.2, 0) is 6.18 Å². The van der Waals surface area contributed by atoms with Crippen LogP contribution >= 0.6 is 0 Å². The smallest absolute Gasteiger partial charge is 0.369 e. The maximum absolute atomic E-state index is 12.8. The highest BCUT2D eigenvalue weighted by Crippen LogP contribution is 2.49. The van der Waals surface area contributed by atoms with Gasteiger partial charge in [-0.05, 0) is 36.8 Å². The number of rotatable bonds is 6. The molecule has 0 radical (unpaired) electrons. The number of alkyl halides is 3. The number of anilines is 2. The van der Waals surface area contributed by atoms with E-state index in [0.29, 0.717) is 6.54 Å². The molecule has 20 heavy (non-hydrogen) atoms. The second-order valence-corrected chi connectivity index (χ2v) is 5.37. The standard InChI is InChI=1S/C13H19F3N4/c1-2-3-12(4-5-12)8-18-10-6-9(13(14,15)16)7-11(19-10)20-17/h6-7H,2-5,8,17H2,1H3,(H2,18,19,20). The lowest BCUT2D eigenvalue weighted by Gasteiger charge is -2.17. The van der Waals surface area contributed by atoms with E-state index in [9.17, 15) is 13.2 Å². The first-order valence-electron chi connectivity index (χ1n) is 6.68. The second-order valence-electron chi connectivity index (χ2n) is 5.37. The fraction of sp³-hybridized carbons (Fsp3) is 0.615. The molecule has 1 aromatic heterocycles. The summed E-state index contributed by atoms with van der Waals surface area (Å²) in [6.45, 7) is 2.76. The molecule has 1 fully saturated rings. The summed E-state index contributed by atoms with van der Waals surface area (Å²) >= 11 is 0. The van der Waals surface area contributed by atoms with Crippen molar-refractivity contribution in [3.63, 3.8) is 0 Å². The van der Waals surface area contributed by atoms with Crippen molar-refractivity contribution in [2.24, 2.45) is 11.3 Å². The molecule has 112 valence electrons. The first-order valence-corrected chi connectivity index (χ1v) is 6.68. The number of nitrogens with zero attached hydrogens (tertiary/aromatic N) is 1. The van der Waals surface area contributed by atoms with Crippen LogP contribution in [0, 0.1) is 5.41 Å². The predicted molar refractivity (Wildman–Crippen MR) is 72.1 cm³/mol. The molecule has 1 heterocycles. The fourth-order valence-corrected chi connectivity index (χ4v) is 2.36. The van der Waals surface area contributed by atoms with Crippen molar-refractivity contribution in [2.45, 2.75) is 38.8 Å². The summed E-state index contributed by atoms with van der Waals surface area (Å²) in [6.07, 6.45) is -0.0104. The molecule has 0 aromatic carbocycles. The van der Waals surface area contributed by atoms with Crippen LogP contribution in [0.1, 0.15) is 38.2 Å². The number of hydrogen-bond donors (Lipinski definition) is 3. The maximum atomic E-state index is 12.8. The number of halogens is 3. The van der Waals surface area contributed by atoms with Crippen molar-refractivity contribution in [3.8, 4) is 0 Å². The highest BCUT2D eigenvalue weighted by atomic mass is 19.4. The van der Waals surface area contributed by atoms with E-state index in [0.717, 1.165) is 37.8 Å². The van der Waals surface area contributed by atoms with Crippen LogP contribution < -0.4 is 16.6 Å². The SMILES string of the molecule is CCCC1(CNc2cc(C(F)(F)F)cc(NN)n2)CC1. The Kier molecular flexibility index (Phi) is 4.08. The summed E-state index contributed by atoms with van der Waals surface area (Å²) in [5.74, 6) is 5.37. The van der Waals surface area contributed by atoms with Crippen LogP contribution in [0.4, 0.5) is 24.8 Å². The minimum absolute atomic E-state index is 0.00247. The van der Waals surface area contributed by atoms with Gasteiger partial charge in [0, 0.05) is 6.54 Å². The molecule has 0 atom stereocenters. The Morgan fingerprint density at radius 1 is 1.30 bits per heavy atom. The molecule has 0 spiro atoms. The molecule has 1 saturated carbocycles. The Morgan fingerprint density at radius 3 is 2.45 bits per heavy atom. The molecule has 4 nitrogen and oxygen atoms in total. The molecule has 0 aliphatic heterocycles. The summed E-state index contributed by atoms with van der Waals surface area (Å²) in [7, 11) is 0. The lowest BCUT2D eigenvalue weighted by molar-refractivity contribution is -0.137. The second kappa shape index (κ2) is 5.47. The summed E-state index contributed by atoms with van der Waals surface area (Å²) in [6, 6.07) is 1.91. The van der Waals surface area contributed by atoms with Crippen LogP contribution in [0.15, 0.2) is 12.1 Å². The number of nitrogens with one attached hydrogen (secondary N) is 2. The Balaban J connectivity index is 2.11. The van der Waals surface area contributed by atoms with Crippen molar-refractivity contribution in [1.82, 2.24) is 4.98 Å². The number of hydrogen-bond acceptors (Lipinski definition) is 4. The molecule has 0 saturated heterocycles. The van der Waals surface area contributed by atoms with E-state index < -0.39 is 11.7 Å². The van der Waals surface area contributed by atoms with Gasteiger partial charge in [0.2, 0.25) is 0 Å². The number of nitrogen functional groups attached to an aromatic ring is 1. The first-order chi connectivity index (χ1) is 9.38. The van der Waals surface area contributed by atoms with Crippen LogP contribution in [0.3, 0.4) is 0 Å². The summed E-state index contributed by atoms with van der Waals surface area (Å²) in [4.78, 5) is 4.01. The van der Waals surface area contributed by atoms with E-state index in [-0.39, 0.29) is 17.1 Å². The van der Waals surface area contributed by atoms with E-state index in [2.05, 4.69) is 22.7 Å². The highest BCUT2D eigenvalue weighted by Gasteiger charge is 2.41. The molecule has 7 heteroatoms. The molecule has 1 aromatic rings. The zero-order valence-electron chi connectivity index (χ0n) is 11.3. The van der Waals surface area contributed by atoms with Crippen molar-refractivity contribution in [1.29, 1.82) is 0 Å². The number of hydrazine groups is 1. The Morgan fingerprint density at radius 2 is 1.95 bits per heavy atom. The van der Waals surface area contributed by atoms with Crippen LogP contribution in [0.25, 0.3) is 0 Å². The molecular weight excluding hydrogens is 269 g/mol. The third kappa shape index (κ3) is 3.53. The van der Waals surface area contributed by atoms with Gasteiger partial charge in [0.05, 0.1) is 5.56 Å². The zero-order chi connectivity index (χ0) is 14.8. The molecule has 0 bridgehead atoms. The van der Waals surface area contributed by atoms with Crippen LogP contribution in [0.2, 0.25) is 0 Å². The van der Waals surface area contributed by atoms with E-state index >= 15 is 0 Å². The zero-order valence-corrected chi connectivity index (χ0v) is 11.3. The van der Waals surface area contributed by atoms with Gasteiger partial charge in [-0.1, -0.05) is 13.3 Å². The van der Waals surface area contributed by atoms with Crippen LogP contribution in [-0.4, -0.2) is 11.5 Å². The number of nitrogens with two attached hydrogens (primary N) is 1. The van der Waals surface area contributed by atoms with Gasteiger partial charge < -0.3 is 10.7 Å². The van der Waals surface area contributed by atoms with Crippen molar-refractivity contribution < 1.29 is 13.2 Å². The van der Waals surface area contributed by atoms with Gasteiger partial charge in [-0.3, -0.25) is 0 Å². The first kappa shape index (κ1) is 14.9. The Labute approximate surface area is 115 Å².